The van der Waals surface area contributed by atoms with Gasteiger partial charge in [0.05, 0.1) is 46.1 Å². The molecule has 0 fully saturated rings. The van der Waals surface area contributed by atoms with Gasteiger partial charge in [0, 0.05) is 34.9 Å². The van der Waals surface area contributed by atoms with E-state index in [1.165, 1.54) is 11.3 Å². The molecule has 8 nitrogen and oxygen atoms in total. The third-order valence-corrected chi connectivity index (χ3v) is 10.5. The van der Waals surface area contributed by atoms with Crippen molar-refractivity contribution in [1.82, 2.24) is 9.13 Å². The number of nitrogens with one attached hydrogen (secondary N) is 1. The number of hydrogen-bond donors (Lipinski definition) is 1. The van der Waals surface area contributed by atoms with Gasteiger partial charge in [-0.2, -0.15) is 0 Å². The van der Waals surface area contributed by atoms with Crippen LogP contribution in [0.2, 0.25) is 10.0 Å². The summed E-state index contributed by atoms with van der Waals surface area (Å²) in [4.78, 5) is 33.9. The molecule has 0 saturated heterocycles. The molecular weight excluding hydrogens is 691 g/mol. The first-order valence-corrected chi connectivity index (χ1v) is 17.4. The van der Waals surface area contributed by atoms with Gasteiger partial charge < -0.3 is 19.4 Å². The van der Waals surface area contributed by atoms with E-state index >= 15 is 0 Å². The van der Waals surface area contributed by atoms with Crippen molar-refractivity contribution in [2.24, 2.45) is 4.99 Å². The Morgan fingerprint density at radius 3 is 2.46 bits per heavy atom. The lowest BCUT2D eigenvalue weighted by Gasteiger charge is -2.26. The number of halogens is 2. The second kappa shape index (κ2) is 13.7. The quantitative estimate of drug-likeness (QED) is 0.176. The van der Waals surface area contributed by atoms with Crippen LogP contribution in [-0.4, -0.2) is 29.3 Å². The number of aryl methyl sites for hydroxylation is 1. The molecule has 1 aliphatic heterocycles. The fraction of sp³-hybridized carbons (Fsp3) is 0.154. The largest absolute Gasteiger partial charge is 0.493 e. The standard InChI is InChI=1S/C39H32Cl2N4O4S/c1-22-9-5-7-11-30(22)43-37(46)35-23(2)42-39-45(36(35)25-14-16-32(48-3)33(18-25)49-4)38(47)34(50-39)19-26-21-44(31-12-8-6-10-27(26)31)20-24-13-15-28(40)29(41)17-24/h5-19,21,36H,20H2,1-4H3,(H,43,46)/b34-19+/t36-/m0/s1. The van der Waals surface area contributed by atoms with Crippen LogP contribution in [0.15, 0.2) is 112 Å². The van der Waals surface area contributed by atoms with Gasteiger partial charge in [0.15, 0.2) is 16.3 Å². The lowest BCUT2D eigenvalue weighted by Crippen LogP contribution is -2.40. The Balaban J connectivity index is 1.37. The monoisotopic (exact) mass is 722 g/mol. The summed E-state index contributed by atoms with van der Waals surface area (Å²) in [6.07, 6.45) is 3.93. The molecule has 50 heavy (non-hydrogen) atoms. The lowest BCUT2D eigenvalue weighted by molar-refractivity contribution is -0.113. The summed E-state index contributed by atoms with van der Waals surface area (Å²) in [7, 11) is 3.12. The van der Waals surface area contributed by atoms with Gasteiger partial charge >= 0.3 is 0 Å². The Hall–Kier alpha value is -5.09. The van der Waals surface area contributed by atoms with Gasteiger partial charge in [-0.1, -0.05) is 83.1 Å². The normalized spacial score (nSPS) is 14.4. The zero-order valence-corrected chi connectivity index (χ0v) is 30.0. The Labute approximate surface area is 302 Å². The molecule has 0 radical (unpaired) electrons. The van der Waals surface area contributed by atoms with E-state index in [0.717, 1.165) is 27.6 Å². The molecule has 0 unspecified atom stereocenters. The highest BCUT2D eigenvalue weighted by Crippen LogP contribution is 2.36. The van der Waals surface area contributed by atoms with Crippen LogP contribution in [0.1, 0.15) is 35.2 Å². The molecule has 1 amide bonds. The first kappa shape index (κ1) is 33.4. The number of anilines is 1. The van der Waals surface area contributed by atoms with E-state index in [2.05, 4.69) is 9.88 Å². The summed E-state index contributed by atoms with van der Waals surface area (Å²) in [5, 5.41) is 5.04. The average molecular weight is 724 g/mol. The van der Waals surface area contributed by atoms with Crippen molar-refractivity contribution in [3.8, 4) is 11.5 Å². The van der Waals surface area contributed by atoms with E-state index in [0.29, 0.717) is 59.9 Å². The van der Waals surface area contributed by atoms with Crippen molar-refractivity contribution < 1.29 is 14.3 Å². The average Bonchev–Trinajstić information content (AvgIpc) is 3.61. The second-order valence-corrected chi connectivity index (χ2v) is 13.8. The number of carbonyl (C=O) groups excluding carboxylic acids is 1. The maximum Gasteiger partial charge on any atom is 0.271 e. The molecule has 1 atom stereocenters. The van der Waals surface area contributed by atoms with Crippen molar-refractivity contribution in [2.75, 3.05) is 19.5 Å². The van der Waals surface area contributed by atoms with Crippen LogP contribution < -0.4 is 29.7 Å². The molecule has 3 heterocycles. The fourth-order valence-electron chi connectivity index (χ4n) is 6.35. The van der Waals surface area contributed by atoms with Crippen molar-refractivity contribution in [1.29, 1.82) is 0 Å². The van der Waals surface area contributed by atoms with Crippen LogP contribution in [0.3, 0.4) is 0 Å². The van der Waals surface area contributed by atoms with Gasteiger partial charge in [0.2, 0.25) is 0 Å². The number of para-hydroxylation sites is 2. The van der Waals surface area contributed by atoms with Crippen molar-refractivity contribution in [3.05, 3.63) is 154 Å². The van der Waals surface area contributed by atoms with Gasteiger partial charge in [-0.25, -0.2) is 4.99 Å². The number of rotatable bonds is 8. The number of benzene rings is 4. The van der Waals surface area contributed by atoms with E-state index < -0.39 is 6.04 Å². The topological polar surface area (TPSA) is 86.9 Å². The zero-order chi connectivity index (χ0) is 35.1. The molecule has 0 bridgehead atoms. The molecule has 0 saturated carbocycles. The van der Waals surface area contributed by atoms with E-state index in [4.69, 9.17) is 37.7 Å². The van der Waals surface area contributed by atoms with Crippen LogP contribution in [0, 0.1) is 6.92 Å². The number of nitrogens with zero attached hydrogens (tertiary/aromatic N) is 3. The summed E-state index contributed by atoms with van der Waals surface area (Å²) >= 11 is 13.8. The predicted molar refractivity (Wildman–Crippen MR) is 201 cm³/mol. The van der Waals surface area contributed by atoms with Crippen LogP contribution in [0.4, 0.5) is 5.69 Å². The molecular formula is C39H32Cl2N4O4S. The summed E-state index contributed by atoms with van der Waals surface area (Å²) in [6.45, 7) is 4.29. The molecule has 252 valence electrons. The Morgan fingerprint density at radius 2 is 1.70 bits per heavy atom. The summed E-state index contributed by atoms with van der Waals surface area (Å²) < 4.78 is 15.3. The minimum absolute atomic E-state index is 0.261. The third kappa shape index (κ3) is 6.13. The van der Waals surface area contributed by atoms with Crippen molar-refractivity contribution >= 4 is 63.1 Å². The van der Waals surface area contributed by atoms with Gasteiger partial charge in [-0.3, -0.25) is 14.2 Å². The van der Waals surface area contributed by atoms with Gasteiger partial charge in [0.1, 0.15) is 0 Å². The molecule has 6 aromatic rings. The number of fused-ring (bicyclic) bond motifs is 2. The highest BCUT2D eigenvalue weighted by Gasteiger charge is 2.33. The van der Waals surface area contributed by atoms with E-state index in [-0.39, 0.29) is 11.5 Å². The predicted octanol–water partition coefficient (Wildman–Crippen LogP) is 7.51. The number of amides is 1. The molecule has 7 rings (SSSR count). The highest BCUT2D eigenvalue weighted by molar-refractivity contribution is 7.07. The third-order valence-electron chi connectivity index (χ3n) is 8.83. The van der Waals surface area contributed by atoms with Crippen molar-refractivity contribution in [2.45, 2.75) is 26.4 Å². The molecule has 4 aromatic carbocycles. The fourth-order valence-corrected chi connectivity index (χ4v) is 7.71. The van der Waals surface area contributed by atoms with Gasteiger partial charge in [0.25, 0.3) is 11.5 Å². The lowest BCUT2D eigenvalue weighted by atomic mass is 9.94. The molecule has 0 spiro atoms. The summed E-state index contributed by atoms with van der Waals surface area (Å²) in [6, 6.07) is 25.8. The smallest absolute Gasteiger partial charge is 0.271 e. The Morgan fingerprint density at radius 1 is 0.940 bits per heavy atom. The Kier molecular flexibility index (Phi) is 9.13. The molecule has 1 N–H and O–H groups in total. The molecule has 11 heteroatoms. The molecule has 0 aliphatic carbocycles. The van der Waals surface area contributed by atoms with Gasteiger partial charge in [-0.15, -0.1) is 0 Å². The van der Waals surface area contributed by atoms with E-state index in [1.807, 2.05) is 85.9 Å². The van der Waals surface area contributed by atoms with Crippen LogP contribution in [0.25, 0.3) is 17.0 Å². The van der Waals surface area contributed by atoms with Crippen LogP contribution in [0.5, 0.6) is 11.5 Å². The van der Waals surface area contributed by atoms with E-state index in [9.17, 15) is 9.59 Å². The zero-order valence-electron chi connectivity index (χ0n) is 27.7. The number of thiazole rings is 1. The molecule has 1 aliphatic rings. The first-order chi connectivity index (χ1) is 24.2. The minimum atomic E-state index is -0.784. The number of carbonyl (C=O) groups is 1. The number of hydrogen-bond acceptors (Lipinski definition) is 6. The van der Waals surface area contributed by atoms with Crippen LogP contribution >= 0.6 is 34.5 Å². The number of methoxy groups -OCH3 is 2. The maximum absolute atomic E-state index is 14.5. The van der Waals surface area contributed by atoms with Gasteiger partial charge in [-0.05, 0) is 73.0 Å². The second-order valence-electron chi connectivity index (χ2n) is 11.9. The van der Waals surface area contributed by atoms with Crippen molar-refractivity contribution in [3.63, 3.8) is 0 Å². The SMILES string of the molecule is COc1ccc([C@H]2C(C(=O)Nc3ccccc3C)=C(C)N=c3s/c(=C/c4cn(Cc5ccc(Cl)c(Cl)c5)c5ccccc45)c(=O)n32)cc1OC. The minimum Gasteiger partial charge on any atom is -0.493 e. The van der Waals surface area contributed by atoms with E-state index in [1.54, 1.807) is 43.9 Å². The van der Waals surface area contributed by atoms with Crippen LogP contribution in [-0.2, 0) is 11.3 Å². The number of ether oxygens (including phenoxy) is 2. The maximum atomic E-state index is 14.5. The highest BCUT2D eigenvalue weighted by atomic mass is 35.5. The number of aromatic nitrogens is 2. The summed E-state index contributed by atoms with van der Waals surface area (Å²) in [5.74, 6) is 0.669. The first-order valence-electron chi connectivity index (χ1n) is 15.8. The summed E-state index contributed by atoms with van der Waals surface area (Å²) in [5.41, 5.74) is 5.76. The Bertz CT molecular complexity index is 2530. The molecule has 2 aromatic heterocycles. The number of allylic oxidation sites excluding steroid dienone is 1.